The van der Waals surface area contributed by atoms with Crippen LogP contribution in [-0.2, 0) is 4.21 Å². The SMILES string of the molecule is CCCCN(CCCC)PO[Si](C)(C)C. The van der Waals surface area contributed by atoms with Gasteiger partial charge in [0.2, 0.25) is 0 Å². The Labute approximate surface area is 98.8 Å². The molecule has 15 heavy (non-hydrogen) atoms. The summed E-state index contributed by atoms with van der Waals surface area (Å²) in [6.45, 7) is 13.7. The predicted octanol–water partition coefficient (Wildman–Crippen LogP) is 4.25. The summed E-state index contributed by atoms with van der Waals surface area (Å²) in [5.41, 5.74) is 0. The Bertz CT molecular complexity index is 142. The molecule has 0 aliphatic rings. The predicted molar refractivity (Wildman–Crippen MR) is 74.1 cm³/mol. The number of rotatable bonds is 9. The zero-order valence-electron chi connectivity index (χ0n) is 11.1. The Hall–Kier alpha value is 0.567. The van der Waals surface area contributed by atoms with Crippen LogP contribution in [-0.4, -0.2) is 26.1 Å². The van der Waals surface area contributed by atoms with Crippen molar-refractivity contribution in [1.82, 2.24) is 4.67 Å². The molecule has 0 rings (SSSR count). The van der Waals surface area contributed by atoms with Gasteiger partial charge in [-0.3, -0.25) is 4.67 Å². The van der Waals surface area contributed by atoms with Gasteiger partial charge in [-0.05, 0) is 32.5 Å². The molecular formula is C11H28NOPSi. The second kappa shape index (κ2) is 8.69. The monoisotopic (exact) mass is 249 g/mol. The molecule has 1 atom stereocenters. The van der Waals surface area contributed by atoms with Gasteiger partial charge in [-0.15, -0.1) is 0 Å². The third kappa shape index (κ3) is 10.8. The first-order chi connectivity index (χ1) is 6.99. The van der Waals surface area contributed by atoms with E-state index in [0.29, 0.717) is 8.96 Å². The minimum Gasteiger partial charge on any atom is -0.386 e. The van der Waals surface area contributed by atoms with Crippen LogP contribution in [0.15, 0.2) is 0 Å². The summed E-state index contributed by atoms with van der Waals surface area (Å²) in [6, 6.07) is 0. The first-order valence-corrected chi connectivity index (χ1v) is 10.4. The average Bonchev–Trinajstić information content (AvgIpc) is 2.15. The van der Waals surface area contributed by atoms with Crippen LogP contribution in [0.1, 0.15) is 39.5 Å². The van der Waals surface area contributed by atoms with E-state index in [1.807, 2.05) is 0 Å². The van der Waals surface area contributed by atoms with E-state index in [9.17, 15) is 0 Å². The Morgan fingerprint density at radius 3 is 1.80 bits per heavy atom. The summed E-state index contributed by atoms with van der Waals surface area (Å²) in [5.74, 6) is 0. The van der Waals surface area contributed by atoms with Gasteiger partial charge in [-0.2, -0.15) is 0 Å². The second-order valence-corrected chi connectivity index (χ2v) is 10.9. The lowest BCUT2D eigenvalue weighted by Crippen LogP contribution is -2.25. The summed E-state index contributed by atoms with van der Waals surface area (Å²) < 4.78 is 8.47. The van der Waals surface area contributed by atoms with E-state index in [4.69, 9.17) is 4.21 Å². The molecule has 92 valence electrons. The van der Waals surface area contributed by atoms with Crippen molar-refractivity contribution < 1.29 is 4.21 Å². The first kappa shape index (κ1) is 15.6. The highest BCUT2D eigenvalue weighted by Crippen LogP contribution is 2.25. The van der Waals surface area contributed by atoms with Gasteiger partial charge in [-0.25, -0.2) is 0 Å². The molecule has 0 aromatic heterocycles. The molecule has 1 unspecified atom stereocenters. The molecule has 0 heterocycles. The summed E-state index contributed by atoms with van der Waals surface area (Å²) >= 11 is 0. The molecule has 0 fully saturated rings. The molecule has 0 radical (unpaired) electrons. The Morgan fingerprint density at radius 2 is 1.47 bits per heavy atom. The maximum absolute atomic E-state index is 5.98. The van der Waals surface area contributed by atoms with Crippen molar-refractivity contribution >= 4 is 17.3 Å². The minimum atomic E-state index is -1.33. The normalized spacial score (nSPS) is 13.2. The van der Waals surface area contributed by atoms with Crippen molar-refractivity contribution in [3.05, 3.63) is 0 Å². The van der Waals surface area contributed by atoms with Crippen molar-refractivity contribution in [2.24, 2.45) is 0 Å². The van der Waals surface area contributed by atoms with Gasteiger partial charge in [-0.1, -0.05) is 26.7 Å². The lowest BCUT2D eigenvalue weighted by atomic mass is 10.3. The van der Waals surface area contributed by atoms with E-state index < -0.39 is 8.32 Å². The van der Waals surface area contributed by atoms with Gasteiger partial charge in [0.05, 0.1) is 8.96 Å². The number of hydrogen-bond donors (Lipinski definition) is 0. The van der Waals surface area contributed by atoms with Crippen molar-refractivity contribution in [3.63, 3.8) is 0 Å². The zero-order chi connectivity index (χ0) is 11.7. The second-order valence-electron chi connectivity index (χ2n) is 5.00. The zero-order valence-corrected chi connectivity index (χ0v) is 13.1. The molecule has 4 heteroatoms. The van der Waals surface area contributed by atoms with Crippen LogP contribution in [0.2, 0.25) is 19.6 Å². The summed E-state index contributed by atoms with van der Waals surface area (Å²) in [6.07, 6.45) is 5.15. The molecule has 0 saturated heterocycles. The van der Waals surface area contributed by atoms with Gasteiger partial charge in [0, 0.05) is 13.1 Å². The van der Waals surface area contributed by atoms with Crippen molar-refractivity contribution in [3.8, 4) is 0 Å². The van der Waals surface area contributed by atoms with Crippen molar-refractivity contribution in [1.29, 1.82) is 0 Å². The molecule has 0 aromatic rings. The van der Waals surface area contributed by atoms with Crippen LogP contribution < -0.4 is 0 Å². The van der Waals surface area contributed by atoms with E-state index in [2.05, 4.69) is 38.2 Å². The highest BCUT2D eigenvalue weighted by molar-refractivity contribution is 7.32. The quantitative estimate of drug-likeness (QED) is 0.447. The van der Waals surface area contributed by atoms with Crippen LogP contribution in [0.5, 0.6) is 0 Å². The fourth-order valence-corrected chi connectivity index (χ4v) is 3.21. The summed E-state index contributed by atoms with van der Waals surface area (Å²) in [4.78, 5) is 0. The smallest absolute Gasteiger partial charge is 0.190 e. The lowest BCUT2D eigenvalue weighted by molar-refractivity contribution is 0.406. The Kier molecular flexibility index (Phi) is 9.02. The van der Waals surface area contributed by atoms with Crippen molar-refractivity contribution in [2.75, 3.05) is 13.1 Å². The third-order valence-corrected chi connectivity index (χ3v) is 5.56. The molecule has 0 aliphatic heterocycles. The Balaban J connectivity index is 3.78. The molecule has 0 bridgehead atoms. The highest BCUT2D eigenvalue weighted by Gasteiger charge is 2.16. The van der Waals surface area contributed by atoms with Gasteiger partial charge in [0.1, 0.15) is 0 Å². The number of nitrogens with zero attached hydrogens (tertiary/aromatic N) is 1. The lowest BCUT2D eigenvalue weighted by Gasteiger charge is -2.25. The van der Waals surface area contributed by atoms with Gasteiger partial charge < -0.3 is 4.21 Å². The molecule has 0 saturated carbocycles. The topological polar surface area (TPSA) is 12.5 Å². The van der Waals surface area contributed by atoms with Crippen LogP contribution in [0.4, 0.5) is 0 Å². The molecule has 0 spiro atoms. The molecule has 2 nitrogen and oxygen atoms in total. The van der Waals surface area contributed by atoms with E-state index in [-0.39, 0.29) is 0 Å². The van der Waals surface area contributed by atoms with Gasteiger partial charge in [0.15, 0.2) is 8.32 Å². The molecule has 0 aromatic carbocycles. The molecule has 0 N–H and O–H groups in total. The minimum absolute atomic E-state index is 0.589. The summed E-state index contributed by atoms with van der Waals surface area (Å²) in [5, 5.41) is 0. The number of hydrogen-bond acceptors (Lipinski definition) is 2. The average molecular weight is 249 g/mol. The van der Waals surface area contributed by atoms with Crippen LogP contribution in [0, 0.1) is 0 Å². The largest absolute Gasteiger partial charge is 0.386 e. The van der Waals surface area contributed by atoms with Crippen LogP contribution in [0.3, 0.4) is 0 Å². The molecule has 0 amide bonds. The van der Waals surface area contributed by atoms with E-state index in [1.165, 1.54) is 38.8 Å². The molecule has 0 aliphatic carbocycles. The molecular weight excluding hydrogens is 221 g/mol. The highest BCUT2D eigenvalue weighted by atomic mass is 31.1. The standard InChI is InChI=1S/C11H28NOPSi/c1-6-8-10-12(11-9-7-2)14-13-15(3,4)5/h14H,6-11H2,1-5H3. The third-order valence-electron chi connectivity index (χ3n) is 2.04. The van der Waals surface area contributed by atoms with Crippen molar-refractivity contribution in [2.45, 2.75) is 59.2 Å². The van der Waals surface area contributed by atoms with Gasteiger partial charge in [0.25, 0.3) is 0 Å². The fourth-order valence-electron chi connectivity index (χ4n) is 1.10. The van der Waals surface area contributed by atoms with Crippen LogP contribution >= 0.6 is 8.96 Å². The maximum Gasteiger partial charge on any atom is 0.190 e. The maximum atomic E-state index is 5.98. The Morgan fingerprint density at radius 1 is 1.00 bits per heavy atom. The van der Waals surface area contributed by atoms with E-state index in [0.717, 1.165) is 0 Å². The van der Waals surface area contributed by atoms with E-state index in [1.54, 1.807) is 0 Å². The number of unbranched alkanes of at least 4 members (excludes halogenated alkanes) is 2. The first-order valence-electron chi connectivity index (χ1n) is 6.18. The van der Waals surface area contributed by atoms with E-state index >= 15 is 0 Å². The fraction of sp³-hybridized carbons (Fsp3) is 1.00. The van der Waals surface area contributed by atoms with Crippen LogP contribution in [0.25, 0.3) is 0 Å². The van der Waals surface area contributed by atoms with Gasteiger partial charge >= 0.3 is 0 Å². The summed E-state index contributed by atoms with van der Waals surface area (Å²) in [7, 11) is -0.738.